The number of likely N-dealkylation sites (N-methyl/N-ethyl adjacent to an activating group) is 1. The second-order valence-corrected chi connectivity index (χ2v) is 2.22. The van der Waals surface area contributed by atoms with E-state index >= 15 is 0 Å². The Hall–Kier alpha value is -1.38. The fraction of sp³-hybridized carbons (Fsp3) is 0.333. The summed E-state index contributed by atoms with van der Waals surface area (Å²) in [5, 5.41) is 2.78. The molecule has 0 aliphatic carbocycles. The standard InChI is InChI=1S/C9H13NO2/c1-4-8(7(2)12)9(10-3)5-6-11/h4-6,10H,1-3H3/b8-4?,9-5+. The molecule has 0 atom stereocenters. The molecule has 0 rings (SSSR count). The lowest BCUT2D eigenvalue weighted by atomic mass is 10.1. The van der Waals surface area contributed by atoms with E-state index in [2.05, 4.69) is 5.32 Å². The van der Waals surface area contributed by atoms with Crippen molar-refractivity contribution in [3.63, 3.8) is 0 Å². The van der Waals surface area contributed by atoms with Gasteiger partial charge in [-0.25, -0.2) is 0 Å². The van der Waals surface area contributed by atoms with Gasteiger partial charge in [-0.3, -0.25) is 9.59 Å². The predicted molar refractivity (Wildman–Crippen MR) is 47.6 cm³/mol. The topological polar surface area (TPSA) is 46.2 Å². The van der Waals surface area contributed by atoms with Gasteiger partial charge in [-0.2, -0.15) is 0 Å². The average molecular weight is 167 g/mol. The first-order valence-corrected chi connectivity index (χ1v) is 3.68. The SMILES string of the molecule is CC=C(C(C)=O)/C(=C\C=O)NC. The summed E-state index contributed by atoms with van der Waals surface area (Å²) in [7, 11) is 1.67. The minimum atomic E-state index is -0.0556. The second-order valence-electron chi connectivity index (χ2n) is 2.22. The van der Waals surface area contributed by atoms with Gasteiger partial charge in [0.2, 0.25) is 0 Å². The fourth-order valence-corrected chi connectivity index (χ4v) is 0.924. The van der Waals surface area contributed by atoms with Crippen molar-refractivity contribution in [1.29, 1.82) is 0 Å². The molecular weight excluding hydrogens is 154 g/mol. The Morgan fingerprint density at radius 3 is 2.25 bits per heavy atom. The van der Waals surface area contributed by atoms with Gasteiger partial charge in [0.25, 0.3) is 0 Å². The first-order chi connectivity index (χ1) is 5.67. The smallest absolute Gasteiger partial charge is 0.161 e. The third kappa shape index (κ3) is 2.70. The van der Waals surface area contributed by atoms with Gasteiger partial charge in [0, 0.05) is 24.4 Å². The lowest BCUT2D eigenvalue weighted by molar-refractivity contribution is -0.113. The van der Waals surface area contributed by atoms with Crippen LogP contribution >= 0.6 is 0 Å². The summed E-state index contributed by atoms with van der Waals surface area (Å²) in [4.78, 5) is 21.1. The predicted octanol–water partition coefficient (Wildman–Crippen LogP) is 0.824. The highest BCUT2D eigenvalue weighted by molar-refractivity contribution is 5.98. The normalized spacial score (nSPS) is 12.6. The molecule has 0 heterocycles. The van der Waals surface area contributed by atoms with E-state index in [0.29, 0.717) is 17.6 Å². The van der Waals surface area contributed by atoms with E-state index in [0.717, 1.165) is 0 Å². The molecule has 0 saturated carbocycles. The number of rotatable bonds is 4. The van der Waals surface area contributed by atoms with Gasteiger partial charge < -0.3 is 5.32 Å². The lowest BCUT2D eigenvalue weighted by Gasteiger charge is -2.06. The van der Waals surface area contributed by atoms with Crippen LogP contribution < -0.4 is 5.32 Å². The zero-order valence-electron chi connectivity index (χ0n) is 7.55. The number of aldehydes is 1. The number of ketones is 1. The Labute approximate surface area is 72.2 Å². The Morgan fingerprint density at radius 2 is 2.00 bits per heavy atom. The van der Waals surface area contributed by atoms with Crippen LogP contribution in [0.3, 0.4) is 0 Å². The third-order valence-electron chi connectivity index (χ3n) is 1.46. The van der Waals surface area contributed by atoms with E-state index in [1.54, 1.807) is 20.0 Å². The fourth-order valence-electron chi connectivity index (χ4n) is 0.924. The number of Topliss-reactive ketones (excluding diaryl/α,β-unsaturated/α-hetero) is 1. The van der Waals surface area contributed by atoms with Crippen molar-refractivity contribution >= 4 is 12.1 Å². The number of nitrogens with one attached hydrogen (secondary N) is 1. The Kier molecular flexibility index (Phi) is 4.69. The molecular formula is C9H13NO2. The summed E-state index contributed by atoms with van der Waals surface area (Å²) < 4.78 is 0. The Morgan fingerprint density at radius 1 is 1.42 bits per heavy atom. The van der Waals surface area contributed by atoms with Crippen LogP contribution in [0.5, 0.6) is 0 Å². The van der Waals surface area contributed by atoms with Crippen molar-refractivity contribution in [3.05, 3.63) is 23.4 Å². The Bertz CT molecular complexity index is 239. The first-order valence-electron chi connectivity index (χ1n) is 3.68. The van der Waals surface area contributed by atoms with Crippen molar-refractivity contribution in [1.82, 2.24) is 5.32 Å². The minimum Gasteiger partial charge on any atom is -0.387 e. The van der Waals surface area contributed by atoms with E-state index in [4.69, 9.17) is 0 Å². The molecule has 0 aromatic rings. The zero-order chi connectivity index (χ0) is 9.56. The molecule has 66 valence electrons. The molecule has 12 heavy (non-hydrogen) atoms. The highest BCUT2D eigenvalue weighted by Crippen LogP contribution is 2.06. The van der Waals surface area contributed by atoms with Gasteiger partial charge in [-0.05, 0) is 13.8 Å². The van der Waals surface area contributed by atoms with E-state index in [1.807, 2.05) is 0 Å². The van der Waals surface area contributed by atoms with Crippen LogP contribution in [0.15, 0.2) is 23.4 Å². The van der Waals surface area contributed by atoms with E-state index in [1.165, 1.54) is 13.0 Å². The van der Waals surface area contributed by atoms with E-state index in [-0.39, 0.29) is 5.78 Å². The molecule has 1 N–H and O–H groups in total. The molecule has 3 heteroatoms. The van der Waals surface area contributed by atoms with Crippen molar-refractivity contribution in [3.8, 4) is 0 Å². The average Bonchev–Trinajstić information content (AvgIpc) is 2.03. The molecule has 0 aromatic heterocycles. The van der Waals surface area contributed by atoms with Gasteiger partial charge in [-0.15, -0.1) is 0 Å². The maximum absolute atomic E-state index is 11.0. The highest BCUT2D eigenvalue weighted by Gasteiger charge is 2.06. The summed E-state index contributed by atoms with van der Waals surface area (Å²) in [6.45, 7) is 3.22. The third-order valence-corrected chi connectivity index (χ3v) is 1.46. The molecule has 3 nitrogen and oxygen atoms in total. The molecule has 0 spiro atoms. The molecule has 0 unspecified atom stereocenters. The molecule has 0 bridgehead atoms. The number of allylic oxidation sites excluding steroid dienone is 3. The van der Waals surface area contributed by atoms with Crippen LogP contribution in [0.4, 0.5) is 0 Å². The van der Waals surface area contributed by atoms with Crippen molar-refractivity contribution < 1.29 is 9.59 Å². The van der Waals surface area contributed by atoms with Crippen LogP contribution in [0.2, 0.25) is 0 Å². The Balaban J connectivity index is 4.82. The van der Waals surface area contributed by atoms with Crippen LogP contribution in [0.1, 0.15) is 13.8 Å². The number of hydrogen-bond donors (Lipinski definition) is 1. The minimum absolute atomic E-state index is 0.0556. The maximum atomic E-state index is 11.0. The molecule has 0 aliphatic rings. The molecule has 0 aromatic carbocycles. The summed E-state index contributed by atoms with van der Waals surface area (Å²) in [6, 6.07) is 0. The van der Waals surface area contributed by atoms with E-state index in [9.17, 15) is 9.59 Å². The molecule has 0 saturated heterocycles. The molecule has 0 aliphatic heterocycles. The van der Waals surface area contributed by atoms with Crippen molar-refractivity contribution in [2.75, 3.05) is 7.05 Å². The van der Waals surface area contributed by atoms with Crippen LogP contribution in [0, 0.1) is 0 Å². The van der Waals surface area contributed by atoms with Gasteiger partial charge in [0.15, 0.2) is 5.78 Å². The van der Waals surface area contributed by atoms with Crippen molar-refractivity contribution in [2.45, 2.75) is 13.8 Å². The summed E-state index contributed by atoms with van der Waals surface area (Å²) in [6.07, 6.45) is 3.66. The molecule has 0 radical (unpaired) electrons. The van der Waals surface area contributed by atoms with E-state index < -0.39 is 0 Å². The van der Waals surface area contributed by atoms with Crippen LogP contribution in [0.25, 0.3) is 0 Å². The van der Waals surface area contributed by atoms with Crippen LogP contribution in [-0.4, -0.2) is 19.1 Å². The molecule has 0 amide bonds. The number of carbonyl (C=O) groups is 2. The highest BCUT2D eigenvalue weighted by atomic mass is 16.1. The van der Waals surface area contributed by atoms with Crippen LogP contribution in [-0.2, 0) is 9.59 Å². The number of hydrogen-bond acceptors (Lipinski definition) is 3. The van der Waals surface area contributed by atoms with Gasteiger partial charge >= 0.3 is 0 Å². The maximum Gasteiger partial charge on any atom is 0.161 e. The summed E-state index contributed by atoms with van der Waals surface area (Å²) >= 11 is 0. The van der Waals surface area contributed by atoms with Gasteiger partial charge in [0.05, 0.1) is 0 Å². The largest absolute Gasteiger partial charge is 0.387 e. The second kappa shape index (κ2) is 5.29. The number of carbonyl (C=O) groups excluding carboxylic acids is 2. The van der Waals surface area contributed by atoms with Crippen molar-refractivity contribution in [2.24, 2.45) is 0 Å². The quantitative estimate of drug-likeness (QED) is 0.383. The van der Waals surface area contributed by atoms with Gasteiger partial charge in [-0.1, -0.05) is 6.08 Å². The summed E-state index contributed by atoms with van der Waals surface area (Å²) in [5.74, 6) is -0.0556. The zero-order valence-corrected chi connectivity index (χ0v) is 7.55. The molecule has 0 fully saturated rings. The lowest BCUT2D eigenvalue weighted by Crippen LogP contribution is -2.13. The monoisotopic (exact) mass is 167 g/mol. The van der Waals surface area contributed by atoms with Gasteiger partial charge in [0.1, 0.15) is 6.29 Å². The first kappa shape index (κ1) is 10.6. The summed E-state index contributed by atoms with van der Waals surface area (Å²) in [5.41, 5.74) is 1.09.